The van der Waals surface area contributed by atoms with E-state index in [4.69, 9.17) is 10.5 Å². The Morgan fingerprint density at radius 2 is 2.17 bits per heavy atom. The highest BCUT2D eigenvalue weighted by molar-refractivity contribution is 9.10. The molecule has 1 aliphatic rings. The molecule has 0 spiro atoms. The Morgan fingerprint density at radius 3 is 2.87 bits per heavy atom. The van der Waals surface area contributed by atoms with E-state index in [9.17, 15) is 9.59 Å². The summed E-state index contributed by atoms with van der Waals surface area (Å²) in [5.74, 6) is -0.399. The number of carbonyl (C=O) groups is 2. The van der Waals surface area contributed by atoms with Crippen molar-refractivity contribution in [3.05, 3.63) is 56.6 Å². The van der Waals surface area contributed by atoms with Crippen LogP contribution in [0.3, 0.4) is 0 Å². The van der Waals surface area contributed by atoms with Crippen molar-refractivity contribution < 1.29 is 14.3 Å². The van der Waals surface area contributed by atoms with E-state index in [-0.39, 0.29) is 0 Å². The van der Waals surface area contributed by atoms with Crippen LogP contribution in [0.1, 0.15) is 32.6 Å². The summed E-state index contributed by atoms with van der Waals surface area (Å²) in [7, 11) is 0. The van der Waals surface area contributed by atoms with E-state index < -0.39 is 5.91 Å². The standard InChI is InChI=1S/C18H16BrNO3/c1-10-6-15(18(20)22)14-8-12-7-11(4-5-23-9-21)2-3-13(12)16(14)17(10)19/h2-3,6-7,9H,4-5,8H2,1H3,(H2,20,22). The van der Waals surface area contributed by atoms with Crippen molar-refractivity contribution in [2.24, 2.45) is 5.73 Å². The van der Waals surface area contributed by atoms with Crippen LogP contribution < -0.4 is 5.73 Å². The van der Waals surface area contributed by atoms with Crippen LogP contribution >= 0.6 is 15.9 Å². The Hall–Kier alpha value is -2.14. The highest BCUT2D eigenvalue weighted by atomic mass is 79.9. The topological polar surface area (TPSA) is 69.4 Å². The molecule has 118 valence electrons. The first-order chi connectivity index (χ1) is 11.0. The van der Waals surface area contributed by atoms with Gasteiger partial charge in [0.1, 0.15) is 0 Å². The normalized spacial score (nSPS) is 11.7. The summed E-state index contributed by atoms with van der Waals surface area (Å²) in [6.07, 6.45) is 1.36. The minimum Gasteiger partial charge on any atom is -0.468 e. The van der Waals surface area contributed by atoms with Crippen molar-refractivity contribution in [1.29, 1.82) is 0 Å². The van der Waals surface area contributed by atoms with Gasteiger partial charge in [-0.05, 0) is 63.2 Å². The monoisotopic (exact) mass is 373 g/mol. The molecule has 0 aliphatic heterocycles. The third-order valence-electron chi connectivity index (χ3n) is 4.20. The summed E-state index contributed by atoms with van der Waals surface area (Å²) in [6, 6.07) is 8.04. The van der Waals surface area contributed by atoms with Gasteiger partial charge in [-0.3, -0.25) is 9.59 Å². The average molecular weight is 374 g/mol. The third kappa shape index (κ3) is 2.77. The number of nitrogens with two attached hydrogens (primary N) is 1. The number of benzene rings is 2. The zero-order chi connectivity index (χ0) is 16.6. The number of hydrogen-bond donors (Lipinski definition) is 1. The van der Waals surface area contributed by atoms with Gasteiger partial charge in [-0.25, -0.2) is 0 Å². The van der Waals surface area contributed by atoms with Crippen molar-refractivity contribution in [1.82, 2.24) is 0 Å². The predicted molar refractivity (Wildman–Crippen MR) is 91.4 cm³/mol. The summed E-state index contributed by atoms with van der Waals surface area (Å²) in [4.78, 5) is 22.0. The molecule has 5 heteroatoms. The lowest BCUT2D eigenvalue weighted by Crippen LogP contribution is -2.14. The first-order valence-corrected chi connectivity index (χ1v) is 8.11. The third-order valence-corrected chi connectivity index (χ3v) is 5.22. The van der Waals surface area contributed by atoms with E-state index in [0.717, 1.165) is 37.9 Å². The summed E-state index contributed by atoms with van der Waals surface area (Å²) in [6.45, 7) is 2.78. The van der Waals surface area contributed by atoms with Gasteiger partial charge in [0.05, 0.1) is 6.61 Å². The molecule has 0 atom stereocenters. The fourth-order valence-electron chi connectivity index (χ4n) is 3.12. The molecule has 0 unspecified atom stereocenters. The lowest BCUT2D eigenvalue weighted by molar-refractivity contribution is -0.128. The molecule has 3 rings (SSSR count). The summed E-state index contributed by atoms with van der Waals surface area (Å²) in [5, 5.41) is 0. The van der Waals surface area contributed by atoms with Crippen LogP contribution in [-0.2, 0) is 22.4 Å². The fraction of sp³-hybridized carbons (Fsp3) is 0.222. The largest absolute Gasteiger partial charge is 0.468 e. The minimum absolute atomic E-state index is 0.366. The Bertz CT molecular complexity index is 814. The Balaban J connectivity index is 2.05. The van der Waals surface area contributed by atoms with E-state index in [1.54, 1.807) is 0 Å². The molecule has 1 aliphatic carbocycles. The SMILES string of the molecule is Cc1cc(C(N)=O)c2c(c1Br)-c1ccc(CCOC=O)cc1C2. The highest BCUT2D eigenvalue weighted by Gasteiger charge is 2.26. The van der Waals surface area contributed by atoms with Crippen molar-refractivity contribution in [2.45, 2.75) is 19.8 Å². The van der Waals surface area contributed by atoms with Gasteiger partial charge < -0.3 is 10.5 Å². The molecule has 1 amide bonds. The quantitative estimate of drug-likeness (QED) is 0.551. The van der Waals surface area contributed by atoms with Gasteiger partial charge >= 0.3 is 0 Å². The molecule has 2 aromatic carbocycles. The Labute approximate surface area is 142 Å². The molecular formula is C18H16BrNO3. The number of halogens is 1. The lowest BCUT2D eigenvalue weighted by atomic mass is 9.97. The fourth-order valence-corrected chi connectivity index (χ4v) is 3.69. The molecule has 0 saturated heterocycles. The number of fused-ring (bicyclic) bond motifs is 3. The zero-order valence-corrected chi connectivity index (χ0v) is 14.3. The van der Waals surface area contributed by atoms with Gasteiger partial charge in [-0.2, -0.15) is 0 Å². The van der Waals surface area contributed by atoms with Crippen LogP contribution in [-0.4, -0.2) is 19.0 Å². The van der Waals surface area contributed by atoms with Crippen LogP contribution in [0.4, 0.5) is 0 Å². The molecule has 0 aromatic heterocycles. The number of aryl methyl sites for hydroxylation is 1. The van der Waals surface area contributed by atoms with Gasteiger partial charge in [-0.1, -0.05) is 18.2 Å². The van der Waals surface area contributed by atoms with Crippen LogP contribution in [0.5, 0.6) is 0 Å². The van der Waals surface area contributed by atoms with Crippen molar-refractivity contribution in [3.63, 3.8) is 0 Å². The Kier molecular flexibility index (Phi) is 4.22. The van der Waals surface area contributed by atoms with E-state index in [2.05, 4.69) is 28.1 Å². The molecule has 23 heavy (non-hydrogen) atoms. The van der Waals surface area contributed by atoms with E-state index in [1.165, 1.54) is 0 Å². The number of carbonyl (C=O) groups excluding carboxylic acids is 2. The molecule has 2 aromatic rings. The molecular weight excluding hydrogens is 358 g/mol. The number of hydrogen-bond acceptors (Lipinski definition) is 3. The smallest absolute Gasteiger partial charge is 0.293 e. The van der Waals surface area contributed by atoms with E-state index >= 15 is 0 Å². The van der Waals surface area contributed by atoms with Crippen LogP contribution in [0.15, 0.2) is 28.7 Å². The van der Waals surface area contributed by atoms with E-state index in [0.29, 0.717) is 31.5 Å². The number of rotatable bonds is 5. The average Bonchev–Trinajstić information content (AvgIpc) is 2.89. The lowest BCUT2D eigenvalue weighted by Gasteiger charge is -2.11. The van der Waals surface area contributed by atoms with Crippen LogP contribution in [0.25, 0.3) is 11.1 Å². The Morgan fingerprint density at radius 1 is 1.39 bits per heavy atom. The van der Waals surface area contributed by atoms with Gasteiger partial charge in [0.2, 0.25) is 5.91 Å². The second-order valence-electron chi connectivity index (χ2n) is 5.66. The van der Waals surface area contributed by atoms with Gasteiger partial charge in [-0.15, -0.1) is 0 Å². The molecule has 4 nitrogen and oxygen atoms in total. The van der Waals surface area contributed by atoms with Crippen molar-refractivity contribution in [2.75, 3.05) is 6.61 Å². The summed E-state index contributed by atoms with van der Waals surface area (Å²) in [5.41, 5.74) is 12.6. The maximum Gasteiger partial charge on any atom is 0.293 e. The molecule has 0 heterocycles. The van der Waals surface area contributed by atoms with Crippen LogP contribution in [0, 0.1) is 6.92 Å². The molecule has 0 radical (unpaired) electrons. The second-order valence-corrected chi connectivity index (χ2v) is 6.45. The number of ether oxygens (including phenoxy) is 1. The first kappa shape index (κ1) is 15.7. The maximum atomic E-state index is 11.8. The number of amides is 1. The molecule has 2 N–H and O–H groups in total. The van der Waals surface area contributed by atoms with Crippen molar-refractivity contribution >= 4 is 28.3 Å². The first-order valence-electron chi connectivity index (χ1n) is 7.32. The number of primary amides is 1. The molecule has 0 saturated carbocycles. The van der Waals surface area contributed by atoms with Gasteiger partial charge in [0.15, 0.2) is 0 Å². The van der Waals surface area contributed by atoms with Gasteiger partial charge in [0, 0.05) is 22.0 Å². The van der Waals surface area contributed by atoms with Crippen molar-refractivity contribution in [3.8, 4) is 11.1 Å². The minimum atomic E-state index is -0.399. The summed E-state index contributed by atoms with van der Waals surface area (Å²) < 4.78 is 5.76. The second kappa shape index (κ2) is 6.16. The summed E-state index contributed by atoms with van der Waals surface area (Å²) >= 11 is 3.64. The van der Waals surface area contributed by atoms with Gasteiger partial charge in [0.25, 0.3) is 6.47 Å². The maximum absolute atomic E-state index is 11.8. The predicted octanol–water partition coefficient (Wildman–Crippen LogP) is 3.14. The molecule has 0 fully saturated rings. The van der Waals surface area contributed by atoms with Crippen LogP contribution in [0.2, 0.25) is 0 Å². The van der Waals surface area contributed by atoms with E-state index in [1.807, 2.05) is 19.1 Å². The molecule has 0 bridgehead atoms. The highest BCUT2D eigenvalue weighted by Crippen LogP contribution is 2.44. The zero-order valence-electron chi connectivity index (χ0n) is 12.7.